The number of allylic oxidation sites excluding steroid dienone is 2. The lowest BCUT2D eigenvalue weighted by Gasteiger charge is -2.32. The number of rotatable bonds is 2. The van der Waals surface area contributed by atoms with Gasteiger partial charge in [0.1, 0.15) is 5.57 Å². The van der Waals surface area contributed by atoms with E-state index in [9.17, 15) is 9.90 Å². The molecule has 0 aromatic heterocycles. The third-order valence-electron chi connectivity index (χ3n) is 2.29. The Bertz CT molecular complexity index is 448. The predicted molar refractivity (Wildman–Crippen MR) is 55.2 cm³/mol. The van der Waals surface area contributed by atoms with E-state index in [-0.39, 0.29) is 5.57 Å². The molecule has 84 valence electrons. The summed E-state index contributed by atoms with van der Waals surface area (Å²) in [5.74, 6) is -0.332. The fourth-order valence-electron chi connectivity index (χ4n) is 1.50. The van der Waals surface area contributed by atoms with Gasteiger partial charge in [-0.05, 0) is 12.2 Å². The van der Waals surface area contributed by atoms with Gasteiger partial charge in [0.25, 0.3) is 0 Å². The molecular weight excluding hydrogens is 212 g/mol. The molecular formula is C10H10N2O4. The molecule has 0 aliphatic carbocycles. The van der Waals surface area contributed by atoms with Crippen LogP contribution in [0.2, 0.25) is 0 Å². The van der Waals surface area contributed by atoms with Gasteiger partial charge in [-0.3, -0.25) is 4.90 Å². The summed E-state index contributed by atoms with van der Waals surface area (Å²) in [7, 11) is 1.48. The van der Waals surface area contributed by atoms with E-state index in [1.54, 1.807) is 18.4 Å². The van der Waals surface area contributed by atoms with Crippen molar-refractivity contribution in [2.45, 2.75) is 6.23 Å². The number of hydrogen-bond acceptors (Lipinski definition) is 5. The molecule has 0 amide bonds. The molecule has 0 aromatic carbocycles. The van der Waals surface area contributed by atoms with Crippen LogP contribution < -0.4 is 0 Å². The van der Waals surface area contributed by atoms with Gasteiger partial charge in [0.05, 0.1) is 7.11 Å². The molecule has 0 spiro atoms. The zero-order chi connectivity index (χ0) is 11.7. The molecule has 2 rings (SSSR count). The van der Waals surface area contributed by atoms with Gasteiger partial charge in [-0.15, -0.1) is 0 Å². The smallest absolute Gasteiger partial charge is 0.337 e. The summed E-state index contributed by atoms with van der Waals surface area (Å²) in [6.45, 7) is 0. The fourth-order valence-corrected chi connectivity index (χ4v) is 1.50. The first kappa shape index (κ1) is 10.4. The van der Waals surface area contributed by atoms with Crippen molar-refractivity contribution in [3.63, 3.8) is 0 Å². The average molecular weight is 222 g/mol. The predicted octanol–water partition coefficient (Wildman–Crippen LogP) is 0.0450. The molecule has 0 fully saturated rings. The highest BCUT2D eigenvalue weighted by Crippen LogP contribution is 2.22. The van der Waals surface area contributed by atoms with Crippen LogP contribution in [0.3, 0.4) is 0 Å². The molecule has 6 nitrogen and oxygen atoms in total. The minimum Gasteiger partial charge on any atom is -0.493 e. The number of nitrogens with zero attached hydrogens (tertiary/aromatic N) is 2. The number of carbonyl (C=O) groups is 1. The highest BCUT2D eigenvalue weighted by Gasteiger charge is 2.32. The first-order chi connectivity index (χ1) is 7.65. The number of methoxy groups -OCH3 is 1. The summed E-state index contributed by atoms with van der Waals surface area (Å²) in [6.07, 6.45) is 4.75. The van der Waals surface area contributed by atoms with Gasteiger partial charge in [0.2, 0.25) is 0 Å². The van der Waals surface area contributed by atoms with Gasteiger partial charge >= 0.3 is 5.97 Å². The Morgan fingerprint density at radius 3 is 3.00 bits per heavy atom. The standard InChI is InChI=1S/C10H10N2O4/c1-16-7-3-2-4-12-8(7)11-5-6(9(12)13)10(14)15/h2-5,9,13H,1H3,(H,14,15)/t9-/m0/s1. The lowest BCUT2D eigenvalue weighted by atomic mass is 10.1. The van der Waals surface area contributed by atoms with Gasteiger partial charge in [-0.2, -0.15) is 0 Å². The van der Waals surface area contributed by atoms with Crippen molar-refractivity contribution in [1.82, 2.24) is 4.90 Å². The molecule has 2 N–H and O–H groups in total. The minimum absolute atomic E-state index is 0.175. The second kappa shape index (κ2) is 3.82. The number of amidine groups is 1. The zero-order valence-electron chi connectivity index (χ0n) is 8.49. The molecule has 6 heteroatoms. The van der Waals surface area contributed by atoms with E-state index in [1.807, 2.05) is 0 Å². The lowest BCUT2D eigenvalue weighted by Crippen LogP contribution is -2.43. The molecule has 1 atom stereocenters. The van der Waals surface area contributed by atoms with Crippen LogP contribution in [0.4, 0.5) is 0 Å². The van der Waals surface area contributed by atoms with Crippen molar-refractivity contribution in [3.8, 4) is 0 Å². The summed E-state index contributed by atoms with van der Waals surface area (Å²) >= 11 is 0. The molecule has 2 aliphatic heterocycles. The van der Waals surface area contributed by atoms with Crippen LogP contribution in [-0.2, 0) is 9.53 Å². The van der Waals surface area contributed by atoms with Crippen molar-refractivity contribution < 1.29 is 19.7 Å². The zero-order valence-corrected chi connectivity index (χ0v) is 8.49. The summed E-state index contributed by atoms with van der Waals surface area (Å²) in [4.78, 5) is 16.1. The summed E-state index contributed by atoms with van der Waals surface area (Å²) in [6, 6.07) is 0. The van der Waals surface area contributed by atoms with Crippen molar-refractivity contribution >= 4 is 11.8 Å². The number of aliphatic hydroxyl groups is 1. The van der Waals surface area contributed by atoms with E-state index in [0.717, 1.165) is 6.20 Å². The van der Waals surface area contributed by atoms with Crippen LogP contribution >= 0.6 is 0 Å². The summed E-state index contributed by atoms with van der Waals surface area (Å²) in [5, 5.41) is 18.6. The third kappa shape index (κ3) is 1.49. The number of aliphatic carboxylic acids is 1. The Hall–Kier alpha value is -2.08. The van der Waals surface area contributed by atoms with Gasteiger partial charge in [-0.25, -0.2) is 9.79 Å². The van der Waals surface area contributed by atoms with Crippen LogP contribution in [-0.4, -0.2) is 40.3 Å². The fraction of sp³-hybridized carbons (Fsp3) is 0.200. The van der Waals surface area contributed by atoms with E-state index in [4.69, 9.17) is 9.84 Å². The van der Waals surface area contributed by atoms with E-state index in [2.05, 4.69) is 4.99 Å². The van der Waals surface area contributed by atoms with E-state index in [0.29, 0.717) is 11.6 Å². The van der Waals surface area contributed by atoms with Gasteiger partial charge < -0.3 is 14.9 Å². The first-order valence-corrected chi connectivity index (χ1v) is 4.55. The number of hydrogen-bond donors (Lipinski definition) is 2. The Balaban J connectivity index is 2.42. The normalized spacial score (nSPS) is 23.0. The monoisotopic (exact) mass is 222 g/mol. The second-order valence-electron chi connectivity index (χ2n) is 3.20. The van der Waals surface area contributed by atoms with Crippen LogP contribution in [0.25, 0.3) is 0 Å². The number of ether oxygens (including phenoxy) is 1. The SMILES string of the molecule is COC1=CC=CN2C1=NC=C(C(=O)O)[C@@H]2O. The quantitative estimate of drug-likeness (QED) is 0.689. The van der Waals surface area contributed by atoms with Gasteiger partial charge in [0, 0.05) is 12.4 Å². The second-order valence-corrected chi connectivity index (χ2v) is 3.20. The number of carboxylic acids is 1. The van der Waals surface area contributed by atoms with E-state index < -0.39 is 12.2 Å². The molecule has 0 aromatic rings. The molecule has 2 heterocycles. The Morgan fingerprint density at radius 2 is 2.38 bits per heavy atom. The Kier molecular flexibility index (Phi) is 2.49. The van der Waals surface area contributed by atoms with Crippen LogP contribution in [0, 0.1) is 0 Å². The molecule has 0 bridgehead atoms. The molecule has 0 unspecified atom stereocenters. The highest BCUT2D eigenvalue weighted by atomic mass is 16.5. The maximum absolute atomic E-state index is 10.8. The van der Waals surface area contributed by atoms with Crippen molar-refractivity contribution in [2.75, 3.05) is 7.11 Å². The largest absolute Gasteiger partial charge is 0.493 e. The summed E-state index contributed by atoms with van der Waals surface area (Å²) in [5.41, 5.74) is -0.175. The number of aliphatic hydroxyl groups excluding tert-OH is 1. The van der Waals surface area contributed by atoms with Gasteiger partial charge in [-0.1, -0.05) is 0 Å². The topological polar surface area (TPSA) is 82.4 Å². The maximum atomic E-state index is 10.8. The average Bonchev–Trinajstić information content (AvgIpc) is 2.28. The number of fused-ring (bicyclic) bond motifs is 1. The minimum atomic E-state index is -1.25. The third-order valence-corrected chi connectivity index (χ3v) is 2.29. The van der Waals surface area contributed by atoms with Crippen LogP contribution in [0.5, 0.6) is 0 Å². The molecule has 0 saturated carbocycles. The molecule has 0 saturated heterocycles. The molecule has 16 heavy (non-hydrogen) atoms. The maximum Gasteiger partial charge on any atom is 0.337 e. The number of aliphatic imine (C=N–C) groups is 1. The summed E-state index contributed by atoms with van der Waals surface area (Å²) < 4.78 is 5.05. The Morgan fingerprint density at radius 1 is 1.62 bits per heavy atom. The van der Waals surface area contributed by atoms with Crippen molar-refractivity contribution in [1.29, 1.82) is 0 Å². The number of carboxylic acid groups (broad SMARTS) is 1. The van der Waals surface area contributed by atoms with Crippen molar-refractivity contribution in [3.05, 3.63) is 35.9 Å². The molecule has 0 radical (unpaired) electrons. The Labute approximate surface area is 91.5 Å². The van der Waals surface area contributed by atoms with Crippen LogP contribution in [0.15, 0.2) is 40.9 Å². The highest BCUT2D eigenvalue weighted by molar-refractivity contribution is 6.01. The van der Waals surface area contributed by atoms with Gasteiger partial charge in [0.15, 0.2) is 17.8 Å². The lowest BCUT2D eigenvalue weighted by molar-refractivity contribution is -0.134. The van der Waals surface area contributed by atoms with Crippen LogP contribution in [0.1, 0.15) is 0 Å². The van der Waals surface area contributed by atoms with Crippen molar-refractivity contribution in [2.24, 2.45) is 4.99 Å². The van der Waals surface area contributed by atoms with E-state index >= 15 is 0 Å². The molecule has 2 aliphatic rings. The van der Waals surface area contributed by atoms with E-state index in [1.165, 1.54) is 12.0 Å². The first-order valence-electron chi connectivity index (χ1n) is 4.55.